The minimum atomic E-state index is -0.262. The zero-order valence-electron chi connectivity index (χ0n) is 11.8. The number of hydrogen-bond acceptors (Lipinski definition) is 4. The average molecular weight is 281 g/mol. The number of rotatable bonds is 2. The molecule has 0 radical (unpaired) electrons. The molecule has 0 saturated carbocycles. The van der Waals surface area contributed by atoms with Gasteiger partial charge in [-0.1, -0.05) is 18.2 Å². The topological polar surface area (TPSA) is 70.1 Å². The van der Waals surface area contributed by atoms with Gasteiger partial charge in [0.2, 0.25) is 0 Å². The molecule has 0 spiro atoms. The van der Waals surface area contributed by atoms with Crippen LogP contribution in [0.5, 0.6) is 5.75 Å². The highest BCUT2D eigenvalue weighted by Gasteiger charge is 2.17. The fourth-order valence-corrected chi connectivity index (χ4v) is 2.53. The summed E-state index contributed by atoms with van der Waals surface area (Å²) in [6.07, 6.45) is 1.66. The molecule has 0 saturated heterocycles. The number of nitrogens with two attached hydrogens (primary N) is 1. The monoisotopic (exact) mass is 281 g/mol. The van der Waals surface area contributed by atoms with Gasteiger partial charge in [-0.05, 0) is 18.2 Å². The number of anilines is 1. The van der Waals surface area contributed by atoms with Crippen molar-refractivity contribution in [3.63, 3.8) is 0 Å². The van der Waals surface area contributed by atoms with Gasteiger partial charge in [0.05, 0.1) is 7.11 Å². The first-order valence-electron chi connectivity index (χ1n) is 6.51. The van der Waals surface area contributed by atoms with Gasteiger partial charge >= 0.3 is 0 Å². The Kier molecular flexibility index (Phi) is 3.10. The number of ether oxygens (including phenoxy) is 1. The van der Waals surface area contributed by atoms with Crippen molar-refractivity contribution in [2.24, 2.45) is 7.05 Å². The molecule has 0 unspecified atom stereocenters. The lowest BCUT2D eigenvalue weighted by atomic mass is 10.00. The molecule has 3 rings (SSSR count). The van der Waals surface area contributed by atoms with Gasteiger partial charge in [0, 0.05) is 29.8 Å². The third-order valence-corrected chi connectivity index (χ3v) is 3.55. The zero-order chi connectivity index (χ0) is 15.0. The zero-order valence-corrected chi connectivity index (χ0v) is 11.8. The Morgan fingerprint density at radius 2 is 1.95 bits per heavy atom. The third kappa shape index (κ3) is 1.94. The number of aromatic nitrogens is 2. The van der Waals surface area contributed by atoms with Crippen molar-refractivity contribution in [2.75, 3.05) is 12.8 Å². The van der Waals surface area contributed by atoms with Crippen LogP contribution in [-0.4, -0.2) is 16.7 Å². The molecule has 2 N–H and O–H groups in total. The molecular weight excluding hydrogens is 266 g/mol. The van der Waals surface area contributed by atoms with E-state index in [4.69, 9.17) is 10.5 Å². The maximum absolute atomic E-state index is 12.3. The van der Waals surface area contributed by atoms with E-state index in [0.717, 1.165) is 10.9 Å². The molecule has 0 fully saturated rings. The van der Waals surface area contributed by atoms with Gasteiger partial charge in [-0.3, -0.25) is 9.36 Å². The van der Waals surface area contributed by atoms with Gasteiger partial charge in [0.1, 0.15) is 17.1 Å². The summed E-state index contributed by atoms with van der Waals surface area (Å²) in [5.74, 6) is 0.669. The van der Waals surface area contributed by atoms with E-state index in [1.807, 2.05) is 36.4 Å². The Morgan fingerprint density at radius 3 is 2.71 bits per heavy atom. The average Bonchev–Trinajstić information content (AvgIpc) is 2.53. The third-order valence-electron chi connectivity index (χ3n) is 3.55. The highest BCUT2D eigenvalue weighted by Crippen LogP contribution is 2.36. The number of fused-ring (bicyclic) bond motifs is 1. The van der Waals surface area contributed by atoms with E-state index in [2.05, 4.69) is 4.98 Å². The molecule has 2 heterocycles. The summed E-state index contributed by atoms with van der Waals surface area (Å²) >= 11 is 0. The predicted molar refractivity (Wildman–Crippen MR) is 83.4 cm³/mol. The van der Waals surface area contributed by atoms with Crippen LogP contribution >= 0.6 is 0 Å². The first-order valence-corrected chi connectivity index (χ1v) is 6.51. The number of benzene rings is 1. The fraction of sp³-hybridized carbons (Fsp3) is 0.125. The van der Waals surface area contributed by atoms with Crippen molar-refractivity contribution < 1.29 is 4.74 Å². The quantitative estimate of drug-likeness (QED) is 0.781. The second-order valence-electron chi connectivity index (χ2n) is 4.73. The summed E-state index contributed by atoms with van der Waals surface area (Å²) < 4.78 is 6.85. The Hall–Kier alpha value is -2.82. The van der Waals surface area contributed by atoms with Gasteiger partial charge in [0.25, 0.3) is 5.56 Å². The summed E-state index contributed by atoms with van der Waals surface area (Å²) in [6, 6.07) is 11.2. The molecular formula is C16H15N3O2. The largest absolute Gasteiger partial charge is 0.496 e. The molecule has 5 nitrogen and oxygen atoms in total. The van der Waals surface area contributed by atoms with E-state index >= 15 is 0 Å². The van der Waals surface area contributed by atoms with E-state index in [-0.39, 0.29) is 11.2 Å². The number of nitrogens with zero attached hydrogens (tertiary/aromatic N) is 2. The molecule has 1 aromatic carbocycles. The van der Waals surface area contributed by atoms with Crippen LogP contribution < -0.4 is 16.0 Å². The lowest BCUT2D eigenvalue weighted by molar-refractivity contribution is 0.416. The fourth-order valence-electron chi connectivity index (χ4n) is 2.53. The Morgan fingerprint density at radius 1 is 1.19 bits per heavy atom. The van der Waals surface area contributed by atoms with Gasteiger partial charge < -0.3 is 10.5 Å². The number of pyridine rings is 2. The van der Waals surface area contributed by atoms with Crippen LogP contribution in [0.2, 0.25) is 0 Å². The minimum absolute atomic E-state index is 0.197. The SMILES string of the molecule is COc1ccccc1-c1c(N)c(=O)n(C)c2ncccc12. The van der Waals surface area contributed by atoms with E-state index in [1.165, 1.54) is 4.57 Å². The summed E-state index contributed by atoms with van der Waals surface area (Å²) in [5.41, 5.74) is 8.07. The van der Waals surface area contributed by atoms with Crippen LogP contribution in [-0.2, 0) is 7.05 Å². The van der Waals surface area contributed by atoms with Crippen LogP contribution in [0.4, 0.5) is 5.69 Å². The first-order chi connectivity index (χ1) is 10.1. The standard InChI is InChI=1S/C16H15N3O2/c1-19-15-11(7-5-9-18-15)13(14(17)16(19)20)10-6-3-4-8-12(10)21-2/h3-9H,17H2,1-2H3. The summed E-state index contributed by atoms with van der Waals surface area (Å²) in [7, 11) is 3.26. The number of para-hydroxylation sites is 1. The van der Waals surface area contributed by atoms with Gasteiger partial charge in [-0.15, -0.1) is 0 Å². The van der Waals surface area contributed by atoms with E-state index in [0.29, 0.717) is 17.0 Å². The molecule has 0 atom stereocenters. The van der Waals surface area contributed by atoms with Crippen molar-refractivity contribution in [2.45, 2.75) is 0 Å². The molecule has 0 aliphatic heterocycles. The molecule has 3 aromatic rings. The van der Waals surface area contributed by atoms with Crippen LogP contribution in [0.1, 0.15) is 0 Å². The maximum atomic E-state index is 12.3. The number of methoxy groups -OCH3 is 1. The lowest BCUT2D eigenvalue weighted by Gasteiger charge is -2.14. The van der Waals surface area contributed by atoms with Crippen LogP contribution in [0.25, 0.3) is 22.2 Å². The predicted octanol–water partition coefficient (Wildman–Crippen LogP) is 2.19. The molecule has 5 heteroatoms. The smallest absolute Gasteiger partial charge is 0.275 e. The van der Waals surface area contributed by atoms with Crippen LogP contribution in [0, 0.1) is 0 Å². The summed E-state index contributed by atoms with van der Waals surface area (Å²) in [4.78, 5) is 16.6. The first kappa shape index (κ1) is 13.2. The number of aryl methyl sites for hydroxylation is 1. The van der Waals surface area contributed by atoms with Crippen LogP contribution in [0.3, 0.4) is 0 Å². The van der Waals surface area contributed by atoms with Gasteiger partial charge in [0.15, 0.2) is 0 Å². The Bertz CT molecular complexity index is 884. The van der Waals surface area contributed by atoms with E-state index < -0.39 is 0 Å². The molecule has 0 amide bonds. The number of hydrogen-bond donors (Lipinski definition) is 1. The van der Waals surface area contributed by atoms with Crippen molar-refractivity contribution in [3.05, 3.63) is 52.9 Å². The van der Waals surface area contributed by atoms with Crippen molar-refractivity contribution in [1.82, 2.24) is 9.55 Å². The van der Waals surface area contributed by atoms with E-state index in [1.54, 1.807) is 20.4 Å². The van der Waals surface area contributed by atoms with Crippen molar-refractivity contribution in [3.8, 4) is 16.9 Å². The van der Waals surface area contributed by atoms with E-state index in [9.17, 15) is 4.79 Å². The molecule has 2 aromatic heterocycles. The second-order valence-corrected chi connectivity index (χ2v) is 4.73. The summed E-state index contributed by atoms with van der Waals surface area (Å²) in [6.45, 7) is 0. The minimum Gasteiger partial charge on any atom is -0.496 e. The lowest BCUT2D eigenvalue weighted by Crippen LogP contribution is -2.22. The molecule has 21 heavy (non-hydrogen) atoms. The highest BCUT2D eigenvalue weighted by atomic mass is 16.5. The van der Waals surface area contributed by atoms with Crippen molar-refractivity contribution >= 4 is 16.7 Å². The summed E-state index contributed by atoms with van der Waals surface area (Å²) in [5, 5.41) is 0.821. The Balaban J connectivity index is 2.51. The highest BCUT2D eigenvalue weighted by molar-refractivity contribution is 6.00. The normalized spacial score (nSPS) is 10.8. The van der Waals surface area contributed by atoms with Gasteiger partial charge in [-0.25, -0.2) is 4.98 Å². The molecule has 0 bridgehead atoms. The maximum Gasteiger partial charge on any atom is 0.275 e. The van der Waals surface area contributed by atoms with Crippen LogP contribution in [0.15, 0.2) is 47.4 Å². The molecule has 0 aliphatic rings. The second kappa shape index (κ2) is 4.94. The molecule has 106 valence electrons. The van der Waals surface area contributed by atoms with Gasteiger partial charge in [-0.2, -0.15) is 0 Å². The number of nitrogen functional groups attached to an aromatic ring is 1. The van der Waals surface area contributed by atoms with Crippen molar-refractivity contribution in [1.29, 1.82) is 0 Å². The molecule has 0 aliphatic carbocycles. The Labute approximate surface area is 121 Å².